The van der Waals surface area contributed by atoms with Crippen molar-refractivity contribution in [3.05, 3.63) is 212 Å². The topological polar surface area (TPSA) is 16.4 Å². The van der Waals surface area contributed by atoms with Crippen molar-refractivity contribution >= 4 is 92.1 Å². The summed E-state index contributed by atoms with van der Waals surface area (Å²) in [6.07, 6.45) is 0. The molecular formula is C56H35NOS. The van der Waals surface area contributed by atoms with Gasteiger partial charge in [0.2, 0.25) is 0 Å². The molecule has 0 spiro atoms. The van der Waals surface area contributed by atoms with Crippen molar-refractivity contribution in [2.45, 2.75) is 0 Å². The lowest BCUT2D eigenvalue weighted by atomic mass is 9.96. The highest BCUT2D eigenvalue weighted by Gasteiger charge is 2.24. The molecule has 0 radical (unpaired) electrons. The van der Waals surface area contributed by atoms with E-state index in [2.05, 4.69) is 217 Å². The number of para-hydroxylation sites is 1. The van der Waals surface area contributed by atoms with E-state index in [0.717, 1.165) is 50.1 Å². The molecule has 12 rings (SSSR count). The zero-order valence-electron chi connectivity index (χ0n) is 32.0. The lowest BCUT2D eigenvalue weighted by molar-refractivity contribution is 0.670. The van der Waals surface area contributed by atoms with Crippen molar-refractivity contribution in [1.82, 2.24) is 0 Å². The molecule has 12 aromatic rings. The first-order valence-electron chi connectivity index (χ1n) is 20.1. The first-order chi connectivity index (χ1) is 29.2. The third kappa shape index (κ3) is 5.55. The van der Waals surface area contributed by atoms with Gasteiger partial charge in [-0.25, -0.2) is 0 Å². The fourth-order valence-electron chi connectivity index (χ4n) is 9.04. The van der Waals surface area contributed by atoms with Crippen LogP contribution in [0.15, 0.2) is 217 Å². The Bertz CT molecular complexity index is 3550. The number of fused-ring (bicyclic) bond motifs is 9. The van der Waals surface area contributed by atoms with Crippen LogP contribution >= 0.6 is 11.3 Å². The van der Waals surface area contributed by atoms with Gasteiger partial charge in [-0.2, -0.15) is 0 Å². The van der Waals surface area contributed by atoms with Crippen molar-refractivity contribution in [3.8, 4) is 33.4 Å². The van der Waals surface area contributed by atoms with Crippen molar-refractivity contribution in [1.29, 1.82) is 0 Å². The number of hydrogen-bond donors (Lipinski definition) is 0. The minimum atomic E-state index is 0.874. The van der Waals surface area contributed by atoms with Crippen molar-refractivity contribution in [3.63, 3.8) is 0 Å². The predicted octanol–water partition coefficient (Wildman–Crippen LogP) is 16.7. The van der Waals surface area contributed by atoms with Crippen molar-refractivity contribution < 1.29 is 4.42 Å². The monoisotopic (exact) mass is 769 g/mol. The van der Waals surface area contributed by atoms with E-state index >= 15 is 0 Å². The Hall–Kier alpha value is -7.46. The summed E-state index contributed by atoms with van der Waals surface area (Å²) < 4.78 is 9.34. The smallest absolute Gasteiger partial charge is 0.145 e. The van der Waals surface area contributed by atoms with E-state index in [0.29, 0.717) is 0 Å². The average Bonchev–Trinajstić information content (AvgIpc) is 3.89. The Labute approximate surface area is 345 Å². The van der Waals surface area contributed by atoms with Crippen LogP contribution in [0.3, 0.4) is 0 Å². The highest BCUT2D eigenvalue weighted by Crippen LogP contribution is 2.50. The van der Waals surface area contributed by atoms with Gasteiger partial charge in [-0.15, -0.1) is 11.3 Å². The van der Waals surface area contributed by atoms with E-state index in [9.17, 15) is 0 Å². The molecule has 2 nitrogen and oxygen atoms in total. The van der Waals surface area contributed by atoms with Crippen LogP contribution in [-0.4, -0.2) is 0 Å². The first kappa shape index (κ1) is 33.7. The van der Waals surface area contributed by atoms with Crippen LogP contribution in [0.4, 0.5) is 17.1 Å². The standard InChI is InChI=1S/C56H35NOS/c1-3-12-36(13-4-1)42-28-31-47-53(35-42)59-52-21-11-19-49(54(47)52)57(50-33-32-45(38-14-5-2-6-15-38)56-55(50)46-18-9-10-20-51(46)58-56)43-29-26-37(27-30-43)41-25-24-40-23-22-39-16-7-8-17-44(39)48(40)34-41/h1-35H. The molecular weight excluding hydrogens is 735 g/mol. The largest absolute Gasteiger partial charge is 0.455 e. The fourth-order valence-corrected chi connectivity index (χ4v) is 10.2. The molecule has 0 N–H and O–H groups in total. The number of rotatable bonds is 6. The number of thiophene rings is 1. The third-order valence-electron chi connectivity index (χ3n) is 11.9. The molecule has 10 aromatic carbocycles. The molecule has 3 heteroatoms. The van der Waals surface area contributed by atoms with Crippen LogP contribution in [0.1, 0.15) is 0 Å². The summed E-state index contributed by atoms with van der Waals surface area (Å²) in [5.41, 5.74) is 12.1. The van der Waals surface area contributed by atoms with Gasteiger partial charge < -0.3 is 9.32 Å². The maximum absolute atomic E-state index is 6.82. The Morgan fingerprint density at radius 3 is 1.81 bits per heavy atom. The molecule has 0 amide bonds. The first-order valence-corrected chi connectivity index (χ1v) is 20.9. The Morgan fingerprint density at radius 2 is 0.983 bits per heavy atom. The van der Waals surface area contributed by atoms with Crippen molar-refractivity contribution in [2.75, 3.05) is 4.90 Å². The molecule has 0 aliphatic carbocycles. The predicted molar refractivity (Wildman–Crippen MR) is 253 cm³/mol. The van der Waals surface area contributed by atoms with Gasteiger partial charge in [0, 0.05) is 36.8 Å². The zero-order valence-corrected chi connectivity index (χ0v) is 32.8. The SMILES string of the molecule is c1ccc(-c2ccc3c(c2)sc2cccc(N(c4ccc(-c5ccc6ccc7ccccc7c6c5)cc4)c4ccc(-c5ccccc5)c5oc6ccccc6c45)c23)cc1. The minimum absolute atomic E-state index is 0.874. The van der Waals surface area contributed by atoms with Crippen LogP contribution in [-0.2, 0) is 0 Å². The van der Waals surface area contributed by atoms with Crippen LogP contribution in [0.25, 0.3) is 97.0 Å². The third-order valence-corrected chi connectivity index (χ3v) is 13.0. The van der Waals surface area contributed by atoms with Crippen molar-refractivity contribution in [2.24, 2.45) is 0 Å². The summed E-state index contributed by atoms with van der Waals surface area (Å²) in [7, 11) is 0. The van der Waals surface area contributed by atoms with Crippen LogP contribution < -0.4 is 4.90 Å². The Balaban J connectivity index is 1.09. The Kier molecular flexibility index (Phi) is 7.75. The molecule has 0 atom stereocenters. The van der Waals surface area contributed by atoms with E-state index in [1.807, 2.05) is 11.3 Å². The summed E-state index contributed by atoms with van der Waals surface area (Å²) in [5.74, 6) is 0. The van der Waals surface area contributed by atoms with Gasteiger partial charge in [0.25, 0.3) is 0 Å². The summed E-state index contributed by atoms with van der Waals surface area (Å²) in [6, 6.07) is 76.9. The molecule has 0 saturated heterocycles. The lowest BCUT2D eigenvalue weighted by Crippen LogP contribution is -2.11. The molecule has 0 saturated carbocycles. The van der Waals surface area contributed by atoms with E-state index < -0.39 is 0 Å². The van der Waals surface area contributed by atoms with E-state index in [1.54, 1.807) is 0 Å². The maximum Gasteiger partial charge on any atom is 0.145 e. The van der Waals surface area contributed by atoms with E-state index in [-0.39, 0.29) is 0 Å². The van der Waals surface area contributed by atoms with Gasteiger partial charge in [0.15, 0.2) is 0 Å². The summed E-state index contributed by atoms with van der Waals surface area (Å²) in [5, 5.41) is 9.72. The molecule has 2 aromatic heterocycles. The minimum Gasteiger partial charge on any atom is -0.455 e. The number of furan rings is 1. The van der Waals surface area contributed by atoms with Gasteiger partial charge in [-0.3, -0.25) is 0 Å². The quantitative estimate of drug-likeness (QED) is 0.157. The molecule has 0 unspecified atom stereocenters. The maximum atomic E-state index is 6.82. The van der Waals surface area contributed by atoms with Gasteiger partial charge in [-0.1, -0.05) is 158 Å². The van der Waals surface area contributed by atoms with Gasteiger partial charge in [0.1, 0.15) is 11.2 Å². The lowest BCUT2D eigenvalue weighted by Gasteiger charge is -2.28. The van der Waals surface area contributed by atoms with E-state index in [1.165, 1.54) is 64.0 Å². The number of hydrogen-bond acceptors (Lipinski definition) is 3. The van der Waals surface area contributed by atoms with Crippen LogP contribution in [0, 0.1) is 0 Å². The second-order valence-electron chi connectivity index (χ2n) is 15.2. The number of benzene rings is 10. The molecule has 0 bridgehead atoms. The fraction of sp³-hybridized carbons (Fsp3) is 0. The number of nitrogens with zero attached hydrogens (tertiary/aromatic N) is 1. The van der Waals surface area contributed by atoms with E-state index in [4.69, 9.17) is 4.42 Å². The normalized spacial score (nSPS) is 11.7. The molecule has 59 heavy (non-hydrogen) atoms. The average molecular weight is 770 g/mol. The zero-order chi connectivity index (χ0) is 38.9. The van der Waals surface area contributed by atoms with Gasteiger partial charge >= 0.3 is 0 Å². The number of anilines is 3. The molecule has 0 fully saturated rings. The molecule has 276 valence electrons. The summed E-state index contributed by atoms with van der Waals surface area (Å²) >= 11 is 1.86. The summed E-state index contributed by atoms with van der Waals surface area (Å²) in [4.78, 5) is 2.45. The second kappa shape index (κ2) is 13.6. The molecule has 0 aliphatic heterocycles. The highest BCUT2D eigenvalue weighted by molar-refractivity contribution is 7.26. The molecule has 0 aliphatic rings. The molecule has 2 heterocycles. The van der Waals surface area contributed by atoms with Gasteiger partial charge in [-0.05, 0) is 104 Å². The summed E-state index contributed by atoms with van der Waals surface area (Å²) in [6.45, 7) is 0. The second-order valence-corrected chi connectivity index (χ2v) is 16.3. The Morgan fingerprint density at radius 1 is 0.356 bits per heavy atom. The van der Waals surface area contributed by atoms with Crippen LogP contribution in [0.5, 0.6) is 0 Å². The van der Waals surface area contributed by atoms with Crippen LogP contribution in [0.2, 0.25) is 0 Å². The van der Waals surface area contributed by atoms with Gasteiger partial charge in [0.05, 0.1) is 16.8 Å². The highest BCUT2D eigenvalue weighted by atomic mass is 32.1.